The molecule has 96 valence electrons. The van der Waals surface area contributed by atoms with E-state index in [-0.39, 0.29) is 11.6 Å². The molecule has 0 aromatic carbocycles. The van der Waals surface area contributed by atoms with Gasteiger partial charge in [0.05, 0.1) is 5.54 Å². The van der Waals surface area contributed by atoms with Crippen LogP contribution in [0, 0.1) is 0 Å². The predicted molar refractivity (Wildman–Crippen MR) is 66.7 cm³/mol. The quantitative estimate of drug-likeness (QED) is 0.704. The molecule has 2 aliphatic heterocycles. The predicted octanol–water partition coefficient (Wildman–Crippen LogP) is 2.26. The second kappa shape index (κ2) is 3.93. The van der Waals surface area contributed by atoms with E-state index < -0.39 is 5.60 Å². The molecule has 2 rings (SSSR count). The van der Waals surface area contributed by atoms with E-state index in [9.17, 15) is 4.79 Å². The molecule has 17 heavy (non-hydrogen) atoms. The third-order valence-corrected chi connectivity index (χ3v) is 3.25. The van der Waals surface area contributed by atoms with Gasteiger partial charge in [0.1, 0.15) is 5.60 Å². The molecule has 1 spiro atoms. The fourth-order valence-corrected chi connectivity index (χ4v) is 2.49. The largest absolute Gasteiger partial charge is 0.444 e. The molecule has 0 radical (unpaired) electrons. The van der Waals surface area contributed by atoms with Gasteiger partial charge in [-0.3, -0.25) is 0 Å². The lowest BCUT2D eigenvalue weighted by atomic mass is 9.82. The maximum absolute atomic E-state index is 11.9. The molecule has 2 heterocycles. The van der Waals surface area contributed by atoms with E-state index in [2.05, 4.69) is 18.3 Å². The first kappa shape index (κ1) is 12.3. The molecule has 0 atom stereocenters. The Morgan fingerprint density at radius 2 is 1.94 bits per heavy atom. The van der Waals surface area contributed by atoms with E-state index in [0.717, 1.165) is 25.9 Å². The van der Waals surface area contributed by atoms with Gasteiger partial charge in [-0.1, -0.05) is 0 Å². The Balaban J connectivity index is 1.85. The normalized spacial score (nSPS) is 22.6. The number of carbonyl (C=O) groups is 1. The zero-order valence-electron chi connectivity index (χ0n) is 11.2. The summed E-state index contributed by atoms with van der Waals surface area (Å²) < 4.78 is 5.37. The van der Waals surface area contributed by atoms with E-state index in [1.165, 1.54) is 5.70 Å². The summed E-state index contributed by atoms with van der Waals surface area (Å²) in [5.41, 5.74) is 0.996. The van der Waals surface area contributed by atoms with Gasteiger partial charge in [-0.15, -0.1) is 0 Å². The minimum atomic E-state index is -0.405. The third kappa shape index (κ3) is 2.73. The highest BCUT2D eigenvalue weighted by Gasteiger charge is 2.39. The van der Waals surface area contributed by atoms with Crippen LogP contribution in [0.4, 0.5) is 4.79 Å². The summed E-state index contributed by atoms with van der Waals surface area (Å²) in [6.45, 7) is 9.31. The average Bonchev–Trinajstić information content (AvgIpc) is 2.14. The Morgan fingerprint density at radius 1 is 1.41 bits per heavy atom. The number of hydrogen-bond donors (Lipinski definition) is 1. The van der Waals surface area contributed by atoms with Crippen LogP contribution in [-0.4, -0.2) is 35.2 Å². The summed E-state index contributed by atoms with van der Waals surface area (Å²) in [6.07, 6.45) is 4.04. The number of carbonyl (C=O) groups excluding carboxylic acids is 1. The summed E-state index contributed by atoms with van der Waals surface area (Å²) in [5.74, 6) is 0. The number of allylic oxidation sites excluding steroid dienone is 1. The van der Waals surface area contributed by atoms with E-state index in [4.69, 9.17) is 4.74 Å². The molecule has 0 aromatic heterocycles. The number of ether oxygens (including phenoxy) is 1. The highest BCUT2D eigenvalue weighted by Crippen LogP contribution is 2.32. The minimum Gasteiger partial charge on any atom is -0.444 e. The van der Waals surface area contributed by atoms with Crippen LogP contribution in [0.5, 0.6) is 0 Å². The van der Waals surface area contributed by atoms with Crippen molar-refractivity contribution in [3.05, 3.63) is 11.8 Å². The standard InChI is InChI=1S/C13H22N2O2/c1-10-9-13(14-10)5-7-15(8-6-13)11(16)17-12(2,3)4/h9,14H,5-8H2,1-4H3. The second-order valence-electron chi connectivity index (χ2n) is 6.08. The molecule has 4 heteroatoms. The van der Waals surface area contributed by atoms with Crippen molar-refractivity contribution in [3.63, 3.8) is 0 Å². The molecule has 0 unspecified atom stereocenters. The molecule has 0 bridgehead atoms. The van der Waals surface area contributed by atoms with Crippen LogP contribution in [0.15, 0.2) is 11.8 Å². The number of piperidine rings is 1. The van der Waals surface area contributed by atoms with Gasteiger partial charge in [0.15, 0.2) is 0 Å². The number of amides is 1. The van der Waals surface area contributed by atoms with Crippen LogP contribution in [-0.2, 0) is 4.74 Å². The fraction of sp³-hybridized carbons (Fsp3) is 0.769. The molecule has 1 N–H and O–H groups in total. The highest BCUT2D eigenvalue weighted by atomic mass is 16.6. The van der Waals surface area contributed by atoms with E-state index >= 15 is 0 Å². The van der Waals surface area contributed by atoms with Crippen LogP contribution in [0.2, 0.25) is 0 Å². The molecule has 0 saturated carbocycles. The highest BCUT2D eigenvalue weighted by molar-refractivity contribution is 5.68. The van der Waals surface area contributed by atoms with Gasteiger partial charge in [-0.05, 0) is 46.6 Å². The van der Waals surface area contributed by atoms with E-state index in [1.807, 2.05) is 20.8 Å². The summed E-state index contributed by atoms with van der Waals surface area (Å²) in [4.78, 5) is 13.7. The SMILES string of the molecule is CC1=CC2(CCN(C(=O)OC(C)(C)C)CC2)N1. The van der Waals surface area contributed by atoms with Crippen LogP contribution >= 0.6 is 0 Å². The molecule has 0 aliphatic carbocycles. The Labute approximate surface area is 103 Å². The molecular formula is C13H22N2O2. The first-order chi connectivity index (χ1) is 7.80. The summed E-state index contributed by atoms with van der Waals surface area (Å²) >= 11 is 0. The molecular weight excluding hydrogens is 216 g/mol. The fourth-order valence-electron chi connectivity index (χ4n) is 2.49. The zero-order chi connectivity index (χ0) is 12.7. The van der Waals surface area contributed by atoms with Crippen molar-refractivity contribution >= 4 is 6.09 Å². The molecule has 1 fully saturated rings. The van der Waals surface area contributed by atoms with Crippen molar-refractivity contribution in [1.29, 1.82) is 0 Å². The van der Waals surface area contributed by atoms with Gasteiger partial charge in [-0.25, -0.2) is 4.79 Å². The zero-order valence-corrected chi connectivity index (χ0v) is 11.2. The summed E-state index contributed by atoms with van der Waals surface area (Å²) in [6, 6.07) is 0. The lowest BCUT2D eigenvalue weighted by Crippen LogP contribution is -2.58. The first-order valence-electron chi connectivity index (χ1n) is 6.25. The molecule has 1 saturated heterocycles. The van der Waals surface area contributed by atoms with Crippen molar-refractivity contribution in [2.75, 3.05) is 13.1 Å². The van der Waals surface area contributed by atoms with Gasteiger partial charge < -0.3 is 15.0 Å². The number of nitrogens with zero attached hydrogens (tertiary/aromatic N) is 1. The minimum absolute atomic E-state index is 0.155. The summed E-state index contributed by atoms with van der Waals surface area (Å²) in [7, 11) is 0. The summed E-state index contributed by atoms with van der Waals surface area (Å²) in [5, 5.41) is 3.45. The first-order valence-corrected chi connectivity index (χ1v) is 6.25. The van der Waals surface area contributed by atoms with Crippen molar-refractivity contribution in [2.24, 2.45) is 0 Å². The van der Waals surface area contributed by atoms with Gasteiger partial charge in [0.25, 0.3) is 0 Å². The van der Waals surface area contributed by atoms with Crippen molar-refractivity contribution in [3.8, 4) is 0 Å². The third-order valence-electron chi connectivity index (χ3n) is 3.25. The maximum atomic E-state index is 11.9. The topological polar surface area (TPSA) is 41.6 Å². The Bertz CT molecular complexity index is 347. The molecule has 0 aromatic rings. The monoisotopic (exact) mass is 238 g/mol. The molecule has 2 aliphatic rings. The molecule has 1 amide bonds. The van der Waals surface area contributed by atoms with Crippen LogP contribution in [0.3, 0.4) is 0 Å². The van der Waals surface area contributed by atoms with Crippen LogP contribution in [0.25, 0.3) is 0 Å². The Hall–Kier alpha value is -1.19. The lowest BCUT2D eigenvalue weighted by molar-refractivity contribution is 0.0166. The lowest BCUT2D eigenvalue weighted by Gasteiger charge is -2.46. The number of likely N-dealkylation sites (tertiary alicyclic amines) is 1. The number of hydrogen-bond acceptors (Lipinski definition) is 3. The van der Waals surface area contributed by atoms with Crippen molar-refractivity contribution < 1.29 is 9.53 Å². The van der Waals surface area contributed by atoms with Crippen molar-refractivity contribution in [1.82, 2.24) is 10.2 Å². The van der Waals surface area contributed by atoms with Gasteiger partial charge in [0.2, 0.25) is 0 Å². The second-order valence-corrected chi connectivity index (χ2v) is 6.08. The number of nitrogens with one attached hydrogen (secondary N) is 1. The Morgan fingerprint density at radius 3 is 2.35 bits per heavy atom. The van der Waals surface area contributed by atoms with Crippen LogP contribution < -0.4 is 5.32 Å². The maximum Gasteiger partial charge on any atom is 0.410 e. The van der Waals surface area contributed by atoms with E-state index in [0.29, 0.717) is 0 Å². The Kier molecular flexibility index (Phi) is 2.84. The average molecular weight is 238 g/mol. The van der Waals surface area contributed by atoms with E-state index in [1.54, 1.807) is 4.90 Å². The van der Waals surface area contributed by atoms with Gasteiger partial charge in [-0.2, -0.15) is 0 Å². The van der Waals surface area contributed by atoms with Crippen molar-refractivity contribution in [2.45, 2.75) is 51.7 Å². The smallest absolute Gasteiger partial charge is 0.410 e. The van der Waals surface area contributed by atoms with Gasteiger partial charge >= 0.3 is 6.09 Å². The number of rotatable bonds is 0. The van der Waals surface area contributed by atoms with Gasteiger partial charge in [0, 0.05) is 18.8 Å². The van der Waals surface area contributed by atoms with Crippen LogP contribution in [0.1, 0.15) is 40.5 Å². The molecule has 4 nitrogen and oxygen atoms in total.